The average molecular weight is 406 g/mol. The number of imidazole rings is 1. The van der Waals surface area contributed by atoms with Crippen LogP contribution in [0.25, 0.3) is 5.65 Å². The molecule has 6 rings (SSSR count). The van der Waals surface area contributed by atoms with Gasteiger partial charge < -0.3 is 10.4 Å². The third-order valence-electron chi connectivity index (χ3n) is 7.43. The highest BCUT2D eigenvalue weighted by Crippen LogP contribution is 2.59. The number of nitrogens with one attached hydrogen (secondary N) is 1. The van der Waals surface area contributed by atoms with Crippen LogP contribution in [0.5, 0.6) is 0 Å². The Morgan fingerprint density at radius 3 is 2.50 bits per heavy atom. The zero-order valence-corrected chi connectivity index (χ0v) is 16.9. The molecule has 4 saturated carbocycles. The van der Waals surface area contributed by atoms with Crippen LogP contribution >= 0.6 is 0 Å². The number of hydrogen-bond donors (Lipinski definition) is 2. The molecule has 30 heavy (non-hydrogen) atoms. The van der Waals surface area contributed by atoms with Gasteiger partial charge in [-0.25, -0.2) is 4.98 Å². The minimum Gasteiger partial charge on any atom is -0.480 e. The number of aromatic nitrogens is 2. The zero-order chi connectivity index (χ0) is 20.9. The molecular weight excluding hydrogens is 380 g/mol. The summed E-state index contributed by atoms with van der Waals surface area (Å²) in [6.07, 6.45) is 9.54. The number of hydrogen-bond acceptors (Lipinski definition) is 4. The van der Waals surface area contributed by atoms with E-state index in [9.17, 15) is 9.59 Å². The smallest absolute Gasteiger partial charge is 0.321 e. The van der Waals surface area contributed by atoms with Crippen molar-refractivity contribution in [2.45, 2.75) is 44.9 Å². The maximum atomic E-state index is 13.0. The molecule has 4 aliphatic rings. The van der Waals surface area contributed by atoms with Gasteiger partial charge >= 0.3 is 5.97 Å². The fraction of sp³-hybridized carbons (Fsp3) is 0.565. The Morgan fingerprint density at radius 2 is 1.90 bits per heavy atom. The molecule has 0 aliphatic heterocycles. The molecule has 0 radical (unpaired) electrons. The molecule has 2 aromatic rings. The summed E-state index contributed by atoms with van der Waals surface area (Å²) in [6, 6.07) is 7.11. The van der Waals surface area contributed by atoms with Crippen LogP contribution in [0.15, 0.2) is 24.4 Å². The predicted molar refractivity (Wildman–Crippen MR) is 109 cm³/mol. The van der Waals surface area contributed by atoms with Crippen molar-refractivity contribution in [3.8, 4) is 6.07 Å². The fourth-order valence-corrected chi connectivity index (χ4v) is 6.61. The molecule has 1 amide bonds. The van der Waals surface area contributed by atoms with E-state index in [0.717, 1.165) is 24.3 Å². The maximum Gasteiger partial charge on any atom is 0.321 e. The summed E-state index contributed by atoms with van der Waals surface area (Å²) in [4.78, 5) is 28.6. The van der Waals surface area contributed by atoms with Gasteiger partial charge in [0.25, 0.3) is 5.91 Å². The Hall–Kier alpha value is -2.88. The Morgan fingerprint density at radius 1 is 1.23 bits per heavy atom. The summed E-state index contributed by atoms with van der Waals surface area (Å²) >= 11 is 0. The van der Waals surface area contributed by atoms with Gasteiger partial charge in [0.1, 0.15) is 17.3 Å². The molecule has 7 nitrogen and oxygen atoms in total. The summed E-state index contributed by atoms with van der Waals surface area (Å²) in [7, 11) is 0. The minimum absolute atomic E-state index is 0.0157. The van der Waals surface area contributed by atoms with Crippen LogP contribution in [0, 0.1) is 40.4 Å². The second-order valence-corrected chi connectivity index (χ2v) is 9.70. The zero-order valence-electron chi connectivity index (χ0n) is 16.9. The largest absolute Gasteiger partial charge is 0.480 e. The van der Waals surface area contributed by atoms with E-state index < -0.39 is 11.9 Å². The van der Waals surface area contributed by atoms with E-state index in [1.165, 1.54) is 38.5 Å². The van der Waals surface area contributed by atoms with Crippen LogP contribution < -0.4 is 5.32 Å². The van der Waals surface area contributed by atoms with Gasteiger partial charge in [0.15, 0.2) is 0 Å². The van der Waals surface area contributed by atoms with Crippen LogP contribution in [-0.2, 0) is 11.2 Å². The van der Waals surface area contributed by atoms with Crippen molar-refractivity contribution in [3.63, 3.8) is 0 Å². The van der Waals surface area contributed by atoms with Crippen LogP contribution in [-0.4, -0.2) is 32.9 Å². The first-order chi connectivity index (χ1) is 14.4. The standard InChI is InChI=1S/C23H26N4O3/c24-11-17(22(29)30)7-18-12-27-19(2-1-3-20(27)26-18)21(28)25-13-23-8-14-4-15(9-23)6-16(5-14)10-23/h1-3,12,14-17H,4-10,13H2,(H,25,28)(H,29,30). The monoisotopic (exact) mass is 406 g/mol. The summed E-state index contributed by atoms with van der Waals surface area (Å²) < 4.78 is 1.70. The van der Waals surface area contributed by atoms with E-state index in [2.05, 4.69) is 10.3 Å². The number of pyridine rings is 1. The lowest BCUT2D eigenvalue weighted by Crippen LogP contribution is -2.51. The normalized spacial score (nSPS) is 30.2. The maximum absolute atomic E-state index is 13.0. The molecule has 2 N–H and O–H groups in total. The van der Waals surface area contributed by atoms with E-state index in [0.29, 0.717) is 17.0 Å². The Labute approximate surface area is 175 Å². The molecule has 1 unspecified atom stereocenters. The van der Waals surface area contributed by atoms with Crippen LogP contribution in [0.3, 0.4) is 0 Å². The molecule has 1 atom stereocenters. The summed E-state index contributed by atoms with van der Waals surface area (Å²) in [5.41, 5.74) is 1.82. The van der Waals surface area contributed by atoms with E-state index in [1.54, 1.807) is 34.9 Å². The second-order valence-electron chi connectivity index (χ2n) is 9.70. The molecule has 4 bridgehead atoms. The highest BCUT2D eigenvalue weighted by molar-refractivity contribution is 5.93. The molecule has 7 heteroatoms. The predicted octanol–water partition coefficient (Wildman–Crippen LogP) is 3.05. The number of carbonyl (C=O) groups is 2. The number of rotatable bonds is 6. The first kappa shape index (κ1) is 19.1. The molecular formula is C23H26N4O3. The minimum atomic E-state index is -1.16. The first-order valence-electron chi connectivity index (χ1n) is 10.8. The number of carboxylic acid groups (broad SMARTS) is 1. The Bertz CT molecular complexity index is 1020. The molecule has 2 aromatic heterocycles. The number of fused-ring (bicyclic) bond motifs is 1. The van der Waals surface area contributed by atoms with E-state index in [-0.39, 0.29) is 17.7 Å². The van der Waals surface area contributed by atoms with Crippen molar-refractivity contribution in [2.75, 3.05) is 6.54 Å². The van der Waals surface area contributed by atoms with Gasteiger partial charge in [0.2, 0.25) is 0 Å². The molecule has 4 fully saturated rings. The third kappa shape index (κ3) is 3.34. The lowest BCUT2D eigenvalue weighted by atomic mass is 9.49. The summed E-state index contributed by atoms with van der Waals surface area (Å²) in [5, 5.41) is 21.3. The SMILES string of the molecule is N#CC(Cc1cn2c(C(=O)NCC34CC5CC(CC(C5)C3)C4)cccc2n1)C(=O)O. The van der Waals surface area contributed by atoms with Crippen molar-refractivity contribution < 1.29 is 14.7 Å². The van der Waals surface area contributed by atoms with Crippen molar-refractivity contribution in [1.82, 2.24) is 14.7 Å². The van der Waals surface area contributed by atoms with Crippen LogP contribution in [0.1, 0.15) is 54.7 Å². The number of nitrogens with zero attached hydrogens (tertiary/aromatic N) is 3. The van der Waals surface area contributed by atoms with Gasteiger partial charge in [-0.1, -0.05) is 6.07 Å². The number of carbonyl (C=O) groups excluding carboxylic acids is 1. The summed E-state index contributed by atoms with van der Waals surface area (Å²) in [6.45, 7) is 0.725. The average Bonchev–Trinajstić information content (AvgIpc) is 3.11. The lowest BCUT2D eigenvalue weighted by Gasteiger charge is -2.56. The number of amides is 1. The second kappa shape index (κ2) is 7.12. The molecule has 2 heterocycles. The van der Waals surface area contributed by atoms with Crippen molar-refractivity contribution in [2.24, 2.45) is 29.1 Å². The highest BCUT2D eigenvalue weighted by atomic mass is 16.4. The number of nitriles is 1. The van der Waals surface area contributed by atoms with Gasteiger partial charge in [-0.3, -0.25) is 14.0 Å². The van der Waals surface area contributed by atoms with E-state index >= 15 is 0 Å². The third-order valence-corrected chi connectivity index (χ3v) is 7.43. The molecule has 0 saturated heterocycles. The fourth-order valence-electron chi connectivity index (χ4n) is 6.61. The lowest BCUT2D eigenvalue weighted by molar-refractivity contribution is -0.139. The van der Waals surface area contributed by atoms with Gasteiger partial charge in [-0.05, 0) is 73.8 Å². The van der Waals surface area contributed by atoms with Gasteiger partial charge in [-0.2, -0.15) is 5.26 Å². The van der Waals surface area contributed by atoms with Gasteiger partial charge in [0.05, 0.1) is 11.8 Å². The Balaban J connectivity index is 1.33. The first-order valence-corrected chi connectivity index (χ1v) is 10.8. The quantitative estimate of drug-likeness (QED) is 0.767. The molecule has 0 aromatic carbocycles. The summed E-state index contributed by atoms with van der Waals surface area (Å²) in [5.74, 6) is 0.0852. The molecule has 4 aliphatic carbocycles. The Kier molecular flexibility index (Phi) is 4.53. The van der Waals surface area contributed by atoms with Gasteiger partial charge in [0, 0.05) is 19.2 Å². The van der Waals surface area contributed by atoms with E-state index in [4.69, 9.17) is 10.4 Å². The molecule has 0 spiro atoms. The number of aliphatic carboxylic acids is 1. The number of carboxylic acids is 1. The van der Waals surface area contributed by atoms with Crippen molar-refractivity contribution in [1.29, 1.82) is 5.26 Å². The van der Waals surface area contributed by atoms with Crippen LogP contribution in [0.2, 0.25) is 0 Å². The van der Waals surface area contributed by atoms with Crippen LogP contribution in [0.4, 0.5) is 0 Å². The van der Waals surface area contributed by atoms with Crippen molar-refractivity contribution >= 4 is 17.5 Å². The molecule has 156 valence electrons. The van der Waals surface area contributed by atoms with Gasteiger partial charge in [-0.15, -0.1) is 0 Å². The van der Waals surface area contributed by atoms with Crippen molar-refractivity contribution in [3.05, 3.63) is 35.8 Å². The van der Waals surface area contributed by atoms with E-state index in [1.807, 2.05) is 0 Å². The highest BCUT2D eigenvalue weighted by Gasteiger charge is 2.50. The topological polar surface area (TPSA) is 107 Å².